The van der Waals surface area contributed by atoms with Gasteiger partial charge in [0.2, 0.25) is 0 Å². The third kappa shape index (κ3) is 4.11. The highest BCUT2D eigenvalue weighted by Crippen LogP contribution is 2.19. The van der Waals surface area contributed by atoms with Crippen molar-refractivity contribution in [3.8, 4) is 0 Å². The summed E-state index contributed by atoms with van der Waals surface area (Å²) in [6, 6.07) is 12.1. The highest BCUT2D eigenvalue weighted by molar-refractivity contribution is 7.99. The van der Waals surface area contributed by atoms with E-state index in [9.17, 15) is 4.79 Å². The van der Waals surface area contributed by atoms with Crippen LogP contribution in [0, 0.1) is 20.8 Å². The maximum atomic E-state index is 12.3. The topological polar surface area (TPSA) is 17.1 Å². The van der Waals surface area contributed by atoms with Gasteiger partial charge in [0, 0.05) is 10.5 Å². The van der Waals surface area contributed by atoms with E-state index >= 15 is 0 Å². The van der Waals surface area contributed by atoms with E-state index in [2.05, 4.69) is 39.8 Å². The number of carbonyl (C=O) groups excluding carboxylic acids is 1. The van der Waals surface area contributed by atoms with Gasteiger partial charge in [-0.2, -0.15) is 0 Å². The molecule has 0 fully saturated rings. The molecule has 2 aromatic carbocycles. The standard InChI is InChI=1S/C20H22OS/c1-5-22-19-9-6-17(7-10-19)20(21)11-8-18-13-15(3)14(2)12-16(18)4/h6-13H,5H2,1-4H3. The third-order valence-electron chi connectivity index (χ3n) is 3.75. The second kappa shape index (κ2) is 7.46. The Hall–Kier alpha value is -1.80. The molecule has 0 saturated carbocycles. The van der Waals surface area contributed by atoms with E-state index < -0.39 is 0 Å². The largest absolute Gasteiger partial charge is 0.289 e. The molecule has 0 N–H and O–H groups in total. The van der Waals surface area contributed by atoms with Crippen molar-refractivity contribution in [1.29, 1.82) is 0 Å². The van der Waals surface area contributed by atoms with Crippen LogP contribution in [0.5, 0.6) is 0 Å². The molecule has 0 amide bonds. The van der Waals surface area contributed by atoms with Crippen LogP contribution in [-0.2, 0) is 0 Å². The Kier molecular flexibility index (Phi) is 5.62. The Morgan fingerprint density at radius 1 is 1.00 bits per heavy atom. The van der Waals surface area contributed by atoms with Gasteiger partial charge in [-0.15, -0.1) is 11.8 Å². The smallest absolute Gasteiger partial charge is 0.185 e. The van der Waals surface area contributed by atoms with E-state index in [1.54, 1.807) is 17.8 Å². The first-order valence-electron chi connectivity index (χ1n) is 7.54. The highest BCUT2D eigenvalue weighted by atomic mass is 32.2. The van der Waals surface area contributed by atoms with Crippen molar-refractivity contribution in [2.45, 2.75) is 32.6 Å². The Bertz CT molecular complexity index is 696. The number of rotatable bonds is 5. The number of hydrogen-bond acceptors (Lipinski definition) is 2. The molecule has 0 aliphatic heterocycles. The normalized spacial score (nSPS) is 11.1. The van der Waals surface area contributed by atoms with Crippen molar-refractivity contribution in [2.75, 3.05) is 5.75 Å². The summed E-state index contributed by atoms with van der Waals surface area (Å²) in [5.74, 6) is 1.09. The predicted molar refractivity (Wildman–Crippen MR) is 96.9 cm³/mol. The quantitative estimate of drug-likeness (QED) is 0.405. The highest BCUT2D eigenvalue weighted by Gasteiger charge is 2.03. The molecule has 0 unspecified atom stereocenters. The third-order valence-corrected chi connectivity index (χ3v) is 4.64. The Morgan fingerprint density at radius 3 is 2.27 bits per heavy atom. The summed E-state index contributed by atoms with van der Waals surface area (Å²) in [6.07, 6.45) is 3.58. The molecule has 0 bridgehead atoms. The van der Waals surface area contributed by atoms with Crippen molar-refractivity contribution in [1.82, 2.24) is 0 Å². The van der Waals surface area contributed by atoms with Crippen LogP contribution in [0.1, 0.15) is 39.5 Å². The van der Waals surface area contributed by atoms with Crippen LogP contribution < -0.4 is 0 Å². The molecule has 0 atom stereocenters. The summed E-state index contributed by atoms with van der Waals surface area (Å²) in [5, 5.41) is 0. The number of hydrogen-bond donors (Lipinski definition) is 0. The van der Waals surface area contributed by atoms with Gasteiger partial charge in [-0.25, -0.2) is 0 Å². The first kappa shape index (κ1) is 16.6. The second-order valence-corrected chi connectivity index (χ2v) is 6.79. The van der Waals surface area contributed by atoms with Gasteiger partial charge in [-0.05, 0) is 79.1 Å². The molecule has 0 radical (unpaired) electrons. The fourth-order valence-electron chi connectivity index (χ4n) is 2.31. The SMILES string of the molecule is CCSc1ccc(C(=O)C=Cc2cc(C)c(C)cc2C)cc1. The van der Waals surface area contributed by atoms with E-state index in [0.29, 0.717) is 0 Å². The van der Waals surface area contributed by atoms with Crippen molar-refractivity contribution in [3.05, 3.63) is 70.3 Å². The van der Waals surface area contributed by atoms with Gasteiger partial charge in [0.1, 0.15) is 0 Å². The van der Waals surface area contributed by atoms with Crippen LogP contribution in [0.3, 0.4) is 0 Å². The lowest BCUT2D eigenvalue weighted by Crippen LogP contribution is -1.94. The zero-order chi connectivity index (χ0) is 16.1. The van der Waals surface area contributed by atoms with Crippen LogP contribution in [0.15, 0.2) is 47.4 Å². The van der Waals surface area contributed by atoms with Gasteiger partial charge in [0.15, 0.2) is 5.78 Å². The lowest BCUT2D eigenvalue weighted by Gasteiger charge is -2.06. The zero-order valence-corrected chi connectivity index (χ0v) is 14.5. The molecule has 0 aliphatic carbocycles. The number of ketones is 1. The van der Waals surface area contributed by atoms with E-state index in [1.165, 1.54) is 21.6 Å². The summed E-state index contributed by atoms with van der Waals surface area (Å²) < 4.78 is 0. The minimum absolute atomic E-state index is 0.0469. The minimum Gasteiger partial charge on any atom is -0.289 e. The number of carbonyl (C=O) groups is 1. The van der Waals surface area contributed by atoms with Gasteiger partial charge in [0.25, 0.3) is 0 Å². The Balaban J connectivity index is 2.16. The Labute approximate surface area is 137 Å². The molecule has 1 nitrogen and oxygen atoms in total. The summed E-state index contributed by atoms with van der Waals surface area (Å²) in [5.41, 5.74) is 5.57. The van der Waals surface area contributed by atoms with Crippen molar-refractivity contribution < 1.29 is 4.79 Å². The first-order valence-corrected chi connectivity index (χ1v) is 8.53. The van der Waals surface area contributed by atoms with E-state index in [0.717, 1.165) is 16.9 Å². The van der Waals surface area contributed by atoms with Crippen LogP contribution in [0.4, 0.5) is 0 Å². The van der Waals surface area contributed by atoms with Crippen LogP contribution in [0.25, 0.3) is 6.08 Å². The van der Waals surface area contributed by atoms with Crippen LogP contribution in [0.2, 0.25) is 0 Å². The molecule has 0 saturated heterocycles. The molecule has 0 aliphatic rings. The lowest BCUT2D eigenvalue weighted by molar-refractivity contribution is 0.104. The zero-order valence-electron chi connectivity index (χ0n) is 13.6. The van der Waals surface area contributed by atoms with Crippen LogP contribution >= 0.6 is 11.8 Å². The Morgan fingerprint density at radius 2 is 1.64 bits per heavy atom. The van der Waals surface area contributed by atoms with Gasteiger partial charge in [-0.1, -0.05) is 25.1 Å². The maximum absolute atomic E-state index is 12.3. The molecule has 2 heteroatoms. The predicted octanol–water partition coefficient (Wildman–Crippen LogP) is 5.62. The van der Waals surface area contributed by atoms with Gasteiger partial charge in [0.05, 0.1) is 0 Å². The van der Waals surface area contributed by atoms with Gasteiger partial charge in [-0.3, -0.25) is 4.79 Å². The number of aryl methyl sites for hydroxylation is 3. The van der Waals surface area contributed by atoms with Crippen molar-refractivity contribution in [2.24, 2.45) is 0 Å². The minimum atomic E-state index is 0.0469. The molecule has 0 aromatic heterocycles. The fourth-order valence-corrected chi connectivity index (χ4v) is 2.97. The average molecular weight is 310 g/mol. The lowest BCUT2D eigenvalue weighted by atomic mass is 10.00. The maximum Gasteiger partial charge on any atom is 0.185 e. The molecule has 0 spiro atoms. The summed E-state index contributed by atoms with van der Waals surface area (Å²) in [4.78, 5) is 13.5. The molecular formula is C20H22OS. The van der Waals surface area contributed by atoms with E-state index in [1.807, 2.05) is 30.3 Å². The number of allylic oxidation sites excluding steroid dienone is 1. The molecule has 114 valence electrons. The summed E-state index contributed by atoms with van der Waals surface area (Å²) >= 11 is 1.78. The molecular weight excluding hydrogens is 288 g/mol. The van der Waals surface area contributed by atoms with Crippen molar-refractivity contribution in [3.63, 3.8) is 0 Å². The molecule has 2 aromatic rings. The summed E-state index contributed by atoms with van der Waals surface area (Å²) in [6.45, 7) is 8.40. The first-order chi connectivity index (χ1) is 10.5. The number of benzene rings is 2. The van der Waals surface area contributed by atoms with E-state index in [4.69, 9.17) is 0 Å². The van der Waals surface area contributed by atoms with Gasteiger partial charge >= 0.3 is 0 Å². The van der Waals surface area contributed by atoms with E-state index in [-0.39, 0.29) is 5.78 Å². The fraction of sp³-hybridized carbons (Fsp3) is 0.250. The molecule has 22 heavy (non-hydrogen) atoms. The number of thioether (sulfide) groups is 1. The molecule has 0 heterocycles. The summed E-state index contributed by atoms with van der Waals surface area (Å²) in [7, 11) is 0. The average Bonchev–Trinajstić information content (AvgIpc) is 2.50. The second-order valence-electron chi connectivity index (χ2n) is 5.45. The molecule has 2 rings (SSSR count). The monoisotopic (exact) mass is 310 g/mol. The van der Waals surface area contributed by atoms with Crippen LogP contribution in [-0.4, -0.2) is 11.5 Å². The van der Waals surface area contributed by atoms with Crippen molar-refractivity contribution >= 4 is 23.6 Å². The van der Waals surface area contributed by atoms with Gasteiger partial charge < -0.3 is 0 Å².